The van der Waals surface area contributed by atoms with Crippen molar-refractivity contribution in [2.75, 3.05) is 5.32 Å². The number of hydrogen-bond donors (Lipinski definition) is 3. The third-order valence-corrected chi connectivity index (χ3v) is 4.84. The number of aryl methyl sites for hydroxylation is 1. The van der Waals surface area contributed by atoms with Crippen molar-refractivity contribution in [1.82, 2.24) is 5.32 Å². The molecule has 8 nitrogen and oxygen atoms in total. The number of nitrogens with one attached hydrogen (secondary N) is 2. The third kappa shape index (κ3) is 5.37. The molecule has 2 aromatic rings. The Labute approximate surface area is 194 Å². The molecule has 0 fully saturated rings. The first-order valence-corrected chi connectivity index (χ1v) is 9.78. The van der Waals surface area contributed by atoms with Gasteiger partial charge >= 0.3 is 12.4 Å². The van der Waals surface area contributed by atoms with E-state index < -0.39 is 63.1 Å². The molecule has 0 aliphatic rings. The first kappa shape index (κ1) is 27.6. The van der Waals surface area contributed by atoms with Gasteiger partial charge in [-0.2, -0.15) is 26.3 Å². The van der Waals surface area contributed by atoms with E-state index in [9.17, 15) is 51.2 Å². The lowest BCUT2D eigenvalue weighted by Crippen LogP contribution is -2.53. The van der Waals surface area contributed by atoms with Crippen LogP contribution in [-0.4, -0.2) is 40.2 Å². The summed E-state index contributed by atoms with van der Waals surface area (Å²) < 4.78 is 78.8. The number of halogens is 6. The summed E-state index contributed by atoms with van der Waals surface area (Å²) in [5, 5.41) is 25.5. The van der Waals surface area contributed by atoms with Crippen molar-refractivity contribution in [1.29, 1.82) is 0 Å². The van der Waals surface area contributed by atoms with Gasteiger partial charge in [0.25, 0.3) is 23.1 Å². The van der Waals surface area contributed by atoms with Gasteiger partial charge in [-0.05, 0) is 38.5 Å². The monoisotopic (exact) mass is 507 g/mol. The minimum atomic E-state index is -6.09. The zero-order chi connectivity index (χ0) is 26.9. The summed E-state index contributed by atoms with van der Waals surface area (Å²) in [6.45, 7) is 4.22. The molecule has 0 saturated heterocycles. The van der Waals surface area contributed by atoms with E-state index >= 15 is 0 Å². The number of nitrogens with zero attached hydrogens (tertiary/aromatic N) is 1. The molecule has 0 saturated carbocycles. The molecule has 14 heteroatoms. The number of benzene rings is 2. The van der Waals surface area contributed by atoms with Crippen molar-refractivity contribution in [3.8, 4) is 0 Å². The predicted molar refractivity (Wildman–Crippen MR) is 111 cm³/mol. The largest absolute Gasteiger partial charge is 0.430 e. The van der Waals surface area contributed by atoms with E-state index in [2.05, 4.69) is 10.6 Å². The van der Waals surface area contributed by atoms with Crippen molar-refractivity contribution in [2.45, 2.75) is 44.8 Å². The van der Waals surface area contributed by atoms with Crippen LogP contribution in [-0.2, 0) is 5.60 Å². The first-order valence-electron chi connectivity index (χ1n) is 9.78. The number of amides is 2. The number of nitro groups is 1. The molecule has 0 aliphatic carbocycles. The Hall–Kier alpha value is -3.68. The van der Waals surface area contributed by atoms with Crippen LogP contribution in [0.3, 0.4) is 0 Å². The van der Waals surface area contributed by atoms with Crippen molar-refractivity contribution in [2.24, 2.45) is 0 Å². The lowest BCUT2D eigenvalue weighted by molar-refractivity contribution is -0.385. The minimum absolute atomic E-state index is 0.257. The van der Waals surface area contributed by atoms with E-state index in [1.807, 2.05) is 0 Å². The lowest BCUT2D eigenvalue weighted by Gasteiger charge is -2.33. The fraction of sp³-hybridized carbons (Fsp3) is 0.333. The van der Waals surface area contributed by atoms with Crippen LogP contribution in [0.25, 0.3) is 0 Å². The van der Waals surface area contributed by atoms with Gasteiger partial charge in [-0.3, -0.25) is 19.7 Å². The number of alkyl halides is 6. The van der Waals surface area contributed by atoms with Crippen molar-refractivity contribution in [3.05, 3.63) is 68.8 Å². The van der Waals surface area contributed by atoms with Crippen LogP contribution in [0, 0.1) is 17.0 Å². The molecule has 2 rings (SSSR count). The standard InChI is InChI=1S/C21H19F6N3O5/c1-10(2)28-18(32)16-13(5-4-6-15(16)30(34)35)17(31)29-14-8-7-12(9-11(14)3)19(33,20(22,23)24)21(25,26)27/h4-10,33H,1-3H3,(H,28,32)(H,29,31). The van der Waals surface area contributed by atoms with Crippen molar-refractivity contribution < 1.29 is 46.0 Å². The summed E-state index contributed by atoms with van der Waals surface area (Å²) in [7, 11) is 0. The molecule has 190 valence electrons. The van der Waals surface area contributed by atoms with E-state index in [4.69, 9.17) is 0 Å². The highest BCUT2D eigenvalue weighted by molar-refractivity contribution is 6.14. The van der Waals surface area contributed by atoms with Gasteiger partial charge in [0.1, 0.15) is 5.56 Å². The quantitative estimate of drug-likeness (QED) is 0.300. The van der Waals surface area contributed by atoms with E-state index in [1.165, 1.54) is 0 Å². The lowest BCUT2D eigenvalue weighted by atomic mass is 9.90. The molecule has 0 unspecified atom stereocenters. The maximum absolute atomic E-state index is 13.1. The molecule has 0 radical (unpaired) electrons. The van der Waals surface area contributed by atoms with Gasteiger partial charge in [0.15, 0.2) is 0 Å². The second-order valence-corrected chi connectivity index (χ2v) is 7.77. The highest BCUT2D eigenvalue weighted by atomic mass is 19.4. The summed E-state index contributed by atoms with van der Waals surface area (Å²) in [4.78, 5) is 35.9. The van der Waals surface area contributed by atoms with Crippen LogP contribution in [0.15, 0.2) is 36.4 Å². The Morgan fingerprint density at radius 3 is 2.03 bits per heavy atom. The normalized spacial score (nSPS) is 12.4. The van der Waals surface area contributed by atoms with Gasteiger partial charge < -0.3 is 15.7 Å². The van der Waals surface area contributed by atoms with E-state index in [0.29, 0.717) is 18.2 Å². The second kappa shape index (κ2) is 9.52. The average Bonchev–Trinajstić information content (AvgIpc) is 2.71. The third-order valence-electron chi connectivity index (χ3n) is 4.84. The summed E-state index contributed by atoms with van der Waals surface area (Å²) in [5.74, 6) is -2.02. The van der Waals surface area contributed by atoms with Crippen LogP contribution in [0.2, 0.25) is 0 Å². The molecular weight excluding hydrogens is 488 g/mol. The molecule has 0 aromatic heterocycles. The summed E-state index contributed by atoms with van der Waals surface area (Å²) >= 11 is 0. The number of hydrogen-bond acceptors (Lipinski definition) is 5. The Bertz CT molecular complexity index is 1150. The molecule has 35 heavy (non-hydrogen) atoms. The molecule has 0 spiro atoms. The zero-order valence-corrected chi connectivity index (χ0v) is 18.3. The number of aliphatic hydroxyl groups is 1. The molecule has 0 atom stereocenters. The summed E-state index contributed by atoms with van der Waals surface area (Å²) in [5.41, 5.74) is -8.96. The SMILES string of the molecule is Cc1cc(C(O)(C(F)(F)F)C(F)(F)F)ccc1NC(=O)c1cccc([N+](=O)[O-])c1C(=O)NC(C)C. The molecular formula is C21H19F6N3O5. The van der Waals surface area contributed by atoms with Crippen LogP contribution < -0.4 is 10.6 Å². The molecule has 2 amide bonds. The Morgan fingerprint density at radius 2 is 1.57 bits per heavy atom. The van der Waals surface area contributed by atoms with Crippen molar-refractivity contribution >= 4 is 23.2 Å². The fourth-order valence-corrected chi connectivity index (χ4v) is 3.16. The number of nitro benzene ring substituents is 1. The maximum Gasteiger partial charge on any atom is 0.430 e. The Morgan fingerprint density at radius 1 is 1.00 bits per heavy atom. The van der Waals surface area contributed by atoms with E-state index in [0.717, 1.165) is 25.1 Å². The van der Waals surface area contributed by atoms with Gasteiger partial charge in [0.2, 0.25) is 0 Å². The zero-order valence-electron chi connectivity index (χ0n) is 18.3. The van der Waals surface area contributed by atoms with Gasteiger partial charge in [0, 0.05) is 23.4 Å². The number of anilines is 1. The van der Waals surface area contributed by atoms with Gasteiger partial charge in [0.05, 0.1) is 10.5 Å². The Kier molecular flexibility index (Phi) is 7.50. The highest BCUT2D eigenvalue weighted by Crippen LogP contribution is 2.50. The van der Waals surface area contributed by atoms with E-state index in [1.54, 1.807) is 13.8 Å². The van der Waals surface area contributed by atoms with Crippen LogP contribution in [0.1, 0.15) is 45.7 Å². The predicted octanol–water partition coefficient (Wildman–Crippen LogP) is 4.61. The summed E-state index contributed by atoms with van der Waals surface area (Å²) in [6.07, 6.45) is -12.2. The number of carbonyl (C=O) groups is 2. The number of rotatable bonds is 6. The molecule has 0 bridgehead atoms. The maximum atomic E-state index is 13.1. The van der Waals surface area contributed by atoms with Gasteiger partial charge in [-0.1, -0.05) is 18.2 Å². The molecule has 2 aromatic carbocycles. The van der Waals surface area contributed by atoms with Gasteiger partial charge in [-0.25, -0.2) is 0 Å². The topological polar surface area (TPSA) is 122 Å². The molecule has 3 N–H and O–H groups in total. The van der Waals surface area contributed by atoms with Gasteiger partial charge in [-0.15, -0.1) is 0 Å². The van der Waals surface area contributed by atoms with E-state index in [-0.39, 0.29) is 11.3 Å². The average molecular weight is 507 g/mol. The molecule has 0 heterocycles. The van der Waals surface area contributed by atoms with Crippen LogP contribution in [0.4, 0.5) is 37.7 Å². The highest BCUT2D eigenvalue weighted by Gasteiger charge is 2.71. The van der Waals surface area contributed by atoms with Crippen molar-refractivity contribution in [3.63, 3.8) is 0 Å². The second-order valence-electron chi connectivity index (χ2n) is 7.77. The summed E-state index contributed by atoms with van der Waals surface area (Å²) in [6, 6.07) is 4.20. The fourth-order valence-electron chi connectivity index (χ4n) is 3.16. The van der Waals surface area contributed by atoms with Crippen LogP contribution in [0.5, 0.6) is 0 Å². The van der Waals surface area contributed by atoms with Crippen LogP contribution >= 0.6 is 0 Å². The molecule has 0 aliphatic heterocycles. The number of carbonyl (C=O) groups excluding carboxylic acids is 2. The first-order chi connectivity index (χ1) is 15.9. The smallest absolute Gasteiger partial charge is 0.369 e. The Balaban J connectivity index is 2.52. The minimum Gasteiger partial charge on any atom is -0.369 e.